The molecule has 9 heteroatoms. The fourth-order valence-corrected chi connectivity index (χ4v) is 5.02. The number of methoxy groups -OCH3 is 2. The number of hydrogen-bond acceptors (Lipinski definition) is 7. The van der Waals surface area contributed by atoms with Crippen LogP contribution in [0.25, 0.3) is 11.4 Å². The van der Waals surface area contributed by atoms with Gasteiger partial charge in [0, 0.05) is 50.2 Å². The maximum absolute atomic E-state index is 12.9. The van der Waals surface area contributed by atoms with E-state index in [1.165, 1.54) is 0 Å². The number of likely N-dealkylation sites (N-methyl/N-ethyl adjacent to an activating group) is 1. The van der Waals surface area contributed by atoms with Gasteiger partial charge < -0.3 is 19.3 Å². The first-order chi connectivity index (χ1) is 17.1. The van der Waals surface area contributed by atoms with Crippen LogP contribution in [0.1, 0.15) is 22.8 Å². The van der Waals surface area contributed by atoms with Crippen LogP contribution in [0.5, 0.6) is 5.75 Å². The van der Waals surface area contributed by atoms with Gasteiger partial charge in [-0.2, -0.15) is 0 Å². The van der Waals surface area contributed by atoms with E-state index in [4.69, 9.17) is 9.47 Å². The quantitative estimate of drug-likeness (QED) is 0.398. The number of thioether (sulfide) groups is 1. The summed E-state index contributed by atoms with van der Waals surface area (Å²) in [6, 6.07) is 15.7. The maximum atomic E-state index is 12.9. The average Bonchev–Trinajstić information content (AvgIpc) is 3.33. The number of nitrogens with zero attached hydrogens (tertiary/aromatic N) is 5. The topological polar surface area (TPSA) is 72.7 Å². The van der Waals surface area contributed by atoms with Crippen LogP contribution < -0.4 is 4.74 Å². The Hall–Kier alpha value is -2.88. The predicted octanol–water partition coefficient (Wildman–Crippen LogP) is 3.67. The minimum atomic E-state index is 0.113. The summed E-state index contributed by atoms with van der Waals surface area (Å²) in [6.45, 7) is 7.87. The lowest BCUT2D eigenvalue weighted by molar-refractivity contribution is 0.0643. The summed E-state index contributed by atoms with van der Waals surface area (Å²) in [7, 11) is 3.34. The zero-order valence-electron chi connectivity index (χ0n) is 20.6. The van der Waals surface area contributed by atoms with Gasteiger partial charge in [-0.05, 0) is 36.4 Å². The second-order valence-corrected chi connectivity index (χ2v) is 9.34. The molecule has 1 aliphatic heterocycles. The number of aromatic nitrogens is 3. The van der Waals surface area contributed by atoms with E-state index in [-0.39, 0.29) is 5.91 Å². The van der Waals surface area contributed by atoms with Crippen LogP contribution in [0.15, 0.2) is 53.7 Å². The van der Waals surface area contributed by atoms with Crippen LogP contribution in [0.2, 0.25) is 0 Å². The zero-order valence-corrected chi connectivity index (χ0v) is 21.5. The summed E-state index contributed by atoms with van der Waals surface area (Å²) in [5.41, 5.74) is 2.82. The lowest BCUT2D eigenvalue weighted by Crippen LogP contribution is -2.48. The second kappa shape index (κ2) is 12.2. The molecule has 0 bridgehead atoms. The normalized spacial score (nSPS) is 14.3. The Bertz CT molecular complexity index is 1110. The molecule has 8 nitrogen and oxygen atoms in total. The number of carbonyl (C=O) groups is 1. The van der Waals surface area contributed by atoms with Crippen LogP contribution in [-0.2, 0) is 17.0 Å². The van der Waals surface area contributed by atoms with Crippen LogP contribution in [-0.4, -0.2) is 84.0 Å². The van der Waals surface area contributed by atoms with Crippen molar-refractivity contribution in [2.45, 2.75) is 24.4 Å². The number of benzene rings is 2. The molecule has 0 saturated carbocycles. The fraction of sp³-hybridized carbons (Fsp3) is 0.423. The molecule has 2 aromatic carbocycles. The number of amides is 1. The van der Waals surface area contributed by atoms with Crippen molar-refractivity contribution in [1.82, 2.24) is 24.6 Å². The monoisotopic (exact) mass is 495 g/mol. The van der Waals surface area contributed by atoms with E-state index in [0.29, 0.717) is 13.2 Å². The van der Waals surface area contributed by atoms with Crippen molar-refractivity contribution in [2.24, 2.45) is 0 Å². The summed E-state index contributed by atoms with van der Waals surface area (Å²) in [5, 5.41) is 9.73. The standard InChI is InChI=1S/C26H33N5O3S/c1-4-29-12-14-30(15-13-29)25(32)21-10-8-20(9-11-21)19-35-26-28-27-24(31(26)16-17-33-2)22-6-5-7-23(18-22)34-3/h5-11,18H,4,12-17,19H2,1-3H3. The van der Waals surface area contributed by atoms with Crippen molar-refractivity contribution in [3.05, 3.63) is 59.7 Å². The number of hydrogen-bond donors (Lipinski definition) is 0. The molecule has 1 saturated heterocycles. The molecule has 0 spiro atoms. The van der Waals surface area contributed by atoms with Gasteiger partial charge in [-0.3, -0.25) is 9.36 Å². The summed E-state index contributed by atoms with van der Waals surface area (Å²) in [6.07, 6.45) is 0. The molecule has 2 heterocycles. The molecule has 1 fully saturated rings. The molecule has 1 aromatic heterocycles. The molecule has 0 unspecified atom stereocenters. The van der Waals surface area contributed by atoms with Gasteiger partial charge in [0.1, 0.15) is 5.75 Å². The largest absolute Gasteiger partial charge is 0.497 e. The lowest BCUT2D eigenvalue weighted by atomic mass is 10.1. The Morgan fingerprint density at radius 1 is 1.03 bits per heavy atom. The van der Waals surface area contributed by atoms with Crippen molar-refractivity contribution in [3.8, 4) is 17.1 Å². The van der Waals surface area contributed by atoms with Crippen LogP contribution in [0, 0.1) is 0 Å². The molecule has 0 aliphatic carbocycles. The highest BCUT2D eigenvalue weighted by atomic mass is 32.2. The second-order valence-electron chi connectivity index (χ2n) is 8.39. The number of ether oxygens (including phenoxy) is 2. The minimum Gasteiger partial charge on any atom is -0.497 e. The third-order valence-corrected chi connectivity index (χ3v) is 7.28. The Morgan fingerprint density at radius 2 is 1.80 bits per heavy atom. The van der Waals surface area contributed by atoms with Gasteiger partial charge in [0.2, 0.25) is 0 Å². The summed E-state index contributed by atoms with van der Waals surface area (Å²) < 4.78 is 12.8. The highest BCUT2D eigenvalue weighted by molar-refractivity contribution is 7.98. The molecule has 35 heavy (non-hydrogen) atoms. The number of carbonyl (C=O) groups excluding carboxylic acids is 1. The van der Waals surface area contributed by atoms with E-state index in [1.54, 1.807) is 26.0 Å². The summed E-state index contributed by atoms with van der Waals surface area (Å²) in [4.78, 5) is 17.2. The smallest absolute Gasteiger partial charge is 0.253 e. The van der Waals surface area contributed by atoms with E-state index in [2.05, 4.69) is 26.6 Å². The molecular formula is C26H33N5O3S. The molecule has 0 atom stereocenters. The summed E-state index contributed by atoms with van der Waals surface area (Å²) in [5.74, 6) is 2.40. The fourth-order valence-electron chi connectivity index (χ4n) is 4.10. The first-order valence-corrected chi connectivity index (χ1v) is 12.9. The van der Waals surface area contributed by atoms with Gasteiger partial charge in [-0.1, -0.05) is 43.0 Å². The third-order valence-electron chi connectivity index (χ3n) is 6.24. The molecule has 0 N–H and O–H groups in total. The van der Waals surface area contributed by atoms with Gasteiger partial charge in [-0.25, -0.2) is 0 Å². The molecule has 0 radical (unpaired) electrons. The van der Waals surface area contributed by atoms with Crippen molar-refractivity contribution in [2.75, 3.05) is 53.6 Å². The maximum Gasteiger partial charge on any atom is 0.253 e. The van der Waals surface area contributed by atoms with Gasteiger partial charge in [0.15, 0.2) is 11.0 Å². The van der Waals surface area contributed by atoms with Crippen molar-refractivity contribution in [1.29, 1.82) is 0 Å². The first kappa shape index (κ1) is 25.2. The van der Waals surface area contributed by atoms with E-state index in [1.807, 2.05) is 53.4 Å². The molecular weight excluding hydrogens is 462 g/mol. The van der Waals surface area contributed by atoms with Crippen molar-refractivity contribution in [3.63, 3.8) is 0 Å². The Labute approximate surface area is 211 Å². The van der Waals surface area contributed by atoms with Gasteiger partial charge in [0.05, 0.1) is 20.3 Å². The highest BCUT2D eigenvalue weighted by Crippen LogP contribution is 2.28. The Balaban J connectivity index is 1.42. The Morgan fingerprint density at radius 3 is 2.49 bits per heavy atom. The SMILES string of the molecule is CCN1CCN(C(=O)c2ccc(CSc3nnc(-c4cccc(OC)c4)n3CCOC)cc2)CC1. The van der Waals surface area contributed by atoms with Crippen LogP contribution >= 0.6 is 11.8 Å². The molecule has 3 aromatic rings. The highest BCUT2D eigenvalue weighted by Gasteiger charge is 2.21. The lowest BCUT2D eigenvalue weighted by Gasteiger charge is -2.34. The Kier molecular flexibility index (Phi) is 8.79. The molecule has 186 valence electrons. The van der Waals surface area contributed by atoms with E-state index >= 15 is 0 Å². The van der Waals surface area contributed by atoms with Gasteiger partial charge in [0.25, 0.3) is 5.91 Å². The van der Waals surface area contributed by atoms with E-state index < -0.39 is 0 Å². The minimum absolute atomic E-state index is 0.113. The zero-order chi connectivity index (χ0) is 24.6. The van der Waals surface area contributed by atoms with Crippen molar-refractivity contribution >= 4 is 17.7 Å². The van der Waals surface area contributed by atoms with E-state index in [0.717, 1.165) is 71.9 Å². The average molecular weight is 496 g/mol. The summed E-state index contributed by atoms with van der Waals surface area (Å²) >= 11 is 1.62. The third kappa shape index (κ3) is 6.22. The van der Waals surface area contributed by atoms with Gasteiger partial charge in [-0.15, -0.1) is 10.2 Å². The molecule has 1 amide bonds. The number of piperazine rings is 1. The van der Waals surface area contributed by atoms with Crippen LogP contribution in [0.4, 0.5) is 0 Å². The number of rotatable bonds is 10. The van der Waals surface area contributed by atoms with Crippen molar-refractivity contribution < 1.29 is 14.3 Å². The molecule has 4 rings (SSSR count). The first-order valence-electron chi connectivity index (χ1n) is 11.9. The van der Waals surface area contributed by atoms with Gasteiger partial charge >= 0.3 is 0 Å². The van der Waals surface area contributed by atoms with Crippen LogP contribution in [0.3, 0.4) is 0 Å². The van der Waals surface area contributed by atoms with E-state index in [9.17, 15) is 4.79 Å². The molecule has 1 aliphatic rings. The predicted molar refractivity (Wildman–Crippen MR) is 138 cm³/mol.